The number of hydrogen-bond acceptors (Lipinski definition) is 3. The van der Waals surface area contributed by atoms with Crippen LogP contribution in [-0.4, -0.2) is 45.2 Å². The van der Waals surface area contributed by atoms with Gasteiger partial charge in [0.05, 0.1) is 5.75 Å². The van der Waals surface area contributed by atoms with Crippen LogP contribution in [0.3, 0.4) is 0 Å². The summed E-state index contributed by atoms with van der Waals surface area (Å²) in [7, 11) is -1.15. The van der Waals surface area contributed by atoms with Crippen LogP contribution >= 0.6 is 0 Å². The van der Waals surface area contributed by atoms with Crippen LogP contribution < -0.4 is 5.32 Å². The molecule has 110 valence electrons. The zero-order chi connectivity index (χ0) is 13.9. The maximum atomic E-state index is 12.2. The molecule has 1 N–H and O–H groups in total. The normalized spacial score (nSPS) is 12.2. The summed E-state index contributed by atoms with van der Waals surface area (Å²) in [5, 5.41) is 3.04. The van der Waals surface area contributed by atoms with Crippen LogP contribution in [-0.2, 0) is 10.0 Å². The molecule has 0 unspecified atom stereocenters. The van der Waals surface area contributed by atoms with Gasteiger partial charge in [0.25, 0.3) is 0 Å². The molecule has 0 heterocycles. The standard InChI is InChI=1S/C13H30N2O2S/c1-4-6-11-15(12-7-5-2)18(16,17)13-9-8-10-14-3/h14H,4-13H2,1-3H3. The lowest BCUT2D eigenvalue weighted by Gasteiger charge is -2.21. The van der Waals surface area contributed by atoms with E-state index in [9.17, 15) is 8.42 Å². The summed E-state index contributed by atoms with van der Waals surface area (Å²) in [6, 6.07) is 0. The van der Waals surface area contributed by atoms with E-state index in [0.29, 0.717) is 18.8 Å². The van der Waals surface area contributed by atoms with Crippen molar-refractivity contribution in [1.82, 2.24) is 9.62 Å². The van der Waals surface area contributed by atoms with Gasteiger partial charge in [-0.3, -0.25) is 0 Å². The first-order valence-electron chi connectivity index (χ1n) is 7.20. The average Bonchev–Trinajstić information content (AvgIpc) is 2.34. The van der Waals surface area contributed by atoms with E-state index in [1.54, 1.807) is 4.31 Å². The Labute approximate surface area is 113 Å². The highest BCUT2D eigenvalue weighted by molar-refractivity contribution is 7.89. The van der Waals surface area contributed by atoms with Crippen molar-refractivity contribution in [2.24, 2.45) is 0 Å². The highest BCUT2D eigenvalue weighted by Gasteiger charge is 2.20. The number of nitrogens with one attached hydrogen (secondary N) is 1. The van der Waals surface area contributed by atoms with E-state index in [0.717, 1.165) is 45.1 Å². The van der Waals surface area contributed by atoms with Gasteiger partial charge >= 0.3 is 0 Å². The molecule has 0 spiro atoms. The molecular weight excluding hydrogens is 248 g/mol. The van der Waals surface area contributed by atoms with Gasteiger partial charge in [0.1, 0.15) is 0 Å². The van der Waals surface area contributed by atoms with Gasteiger partial charge in [-0.1, -0.05) is 26.7 Å². The predicted octanol–water partition coefficient (Wildman–Crippen LogP) is 2.22. The molecule has 18 heavy (non-hydrogen) atoms. The molecule has 0 atom stereocenters. The Morgan fingerprint density at radius 3 is 1.94 bits per heavy atom. The Morgan fingerprint density at radius 1 is 0.944 bits per heavy atom. The third-order valence-corrected chi connectivity index (χ3v) is 4.95. The molecule has 5 heteroatoms. The Kier molecular flexibility index (Phi) is 10.7. The number of nitrogens with zero attached hydrogens (tertiary/aromatic N) is 1. The van der Waals surface area contributed by atoms with Crippen LogP contribution in [0.15, 0.2) is 0 Å². The van der Waals surface area contributed by atoms with Crippen molar-refractivity contribution in [3.05, 3.63) is 0 Å². The van der Waals surface area contributed by atoms with Gasteiger partial charge in [0.15, 0.2) is 0 Å². The summed E-state index contributed by atoms with van der Waals surface area (Å²) in [6.45, 7) is 6.45. The van der Waals surface area contributed by atoms with Crippen LogP contribution in [0.4, 0.5) is 0 Å². The number of rotatable bonds is 12. The van der Waals surface area contributed by atoms with Gasteiger partial charge in [-0.2, -0.15) is 0 Å². The molecule has 0 aromatic heterocycles. The molecule has 0 aliphatic heterocycles. The fraction of sp³-hybridized carbons (Fsp3) is 1.00. The quantitative estimate of drug-likeness (QED) is 0.557. The zero-order valence-corrected chi connectivity index (χ0v) is 13.1. The first-order chi connectivity index (χ1) is 8.58. The van der Waals surface area contributed by atoms with E-state index in [1.165, 1.54) is 0 Å². The smallest absolute Gasteiger partial charge is 0.214 e. The predicted molar refractivity (Wildman–Crippen MR) is 78.3 cm³/mol. The molecule has 0 bridgehead atoms. The summed E-state index contributed by atoms with van der Waals surface area (Å²) in [6.07, 6.45) is 5.66. The van der Waals surface area contributed by atoms with E-state index >= 15 is 0 Å². The summed E-state index contributed by atoms with van der Waals surface area (Å²) in [5.74, 6) is 0.294. The van der Waals surface area contributed by atoms with Crippen LogP contribution in [0.5, 0.6) is 0 Å². The Balaban J connectivity index is 4.24. The van der Waals surface area contributed by atoms with E-state index in [-0.39, 0.29) is 0 Å². The monoisotopic (exact) mass is 278 g/mol. The molecule has 0 aliphatic carbocycles. The summed E-state index contributed by atoms with van der Waals surface area (Å²) in [5.41, 5.74) is 0. The molecule has 4 nitrogen and oxygen atoms in total. The lowest BCUT2D eigenvalue weighted by molar-refractivity contribution is 0.394. The summed E-state index contributed by atoms with van der Waals surface area (Å²) < 4.78 is 26.1. The molecule has 0 aromatic rings. The Hall–Kier alpha value is -0.130. The minimum Gasteiger partial charge on any atom is -0.320 e. The molecular formula is C13H30N2O2S. The molecule has 0 rings (SSSR count). The molecule has 0 radical (unpaired) electrons. The van der Waals surface area contributed by atoms with E-state index in [2.05, 4.69) is 19.2 Å². The van der Waals surface area contributed by atoms with Crippen LogP contribution in [0, 0.1) is 0 Å². The number of sulfonamides is 1. The third-order valence-electron chi connectivity index (χ3n) is 2.99. The fourth-order valence-electron chi connectivity index (χ4n) is 1.77. The minimum absolute atomic E-state index is 0.294. The average molecular weight is 278 g/mol. The summed E-state index contributed by atoms with van der Waals surface area (Å²) >= 11 is 0. The first kappa shape index (κ1) is 17.9. The van der Waals surface area contributed by atoms with Crippen LogP contribution in [0.25, 0.3) is 0 Å². The Morgan fingerprint density at radius 2 is 1.50 bits per heavy atom. The van der Waals surface area contributed by atoms with Crippen molar-refractivity contribution in [1.29, 1.82) is 0 Å². The van der Waals surface area contributed by atoms with E-state index < -0.39 is 10.0 Å². The SMILES string of the molecule is CCCCN(CCCC)S(=O)(=O)CCCCNC. The zero-order valence-electron chi connectivity index (χ0n) is 12.2. The van der Waals surface area contributed by atoms with Gasteiger partial charge in [-0.15, -0.1) is 0 Å². The van der Waals surface area contributed by atoms with Crippen LogP contribution in [0.2, 0.25) is 0 Å². The van der Waals surface area contributed by atoms with Gasteiger partial charge in [-0.25, -0.2) is 12.7 Å². The fourth-order valence-corrected chi connectivity index (χ4v) is 3.42. The first-order valence-corrected chi connectivity index (χ1v) is 8.81. The van der Waals surface area contributed by atoms with E-state index in [4.69, 9.17) is 0 Å². The second-order valence-corrected chi connectivity index (χ2v) is 6.82. The summed E-state index contributed by atoms with van der Waals surface area (Å²) in [4.78, 5) is 0. The van der Waals surface area contributed by atoms with Crippen molar-refractivity contribution in [2.75, 3.05) is 32.4 Å². The number of hydrogen-bond donors (Lipinski definition) is 1. The van der Waals surface area contributed by atoms with Gasteiger partial charge in [-0.05, 0) is 39.3 Å². The van der Waals surface area contributed by atoms with Crippen LogP contribution in [0.1, 0.15) is 52.4 Å². The third kappa shape index (κ3) is 8.06. The Bertz CT molecular complexity index is 271. The molecule has 0 fully saturated rings. The van der Waals surface area contributed by atoms with Gasteiger partial charge < -0.3 is 5.32 Å². The van der Waals surface area contributed by atoms with Crippen molar-refractivity contribution in [2.45, 2.75) is 52.4 Å². The molecule has 0 amide bonds. The topological polar surface area (TPSA) is 49.4 Å². The van der Waals surface area contributed by atoms with E-state index in [1.807, 2.05) is 7.05 Å². The molecule has 0 saturated heterocycles. The maximum absolute atomic E-state index is 12.2. The minimum atomic E-state index is -3.04. The highest BCUT2D eigenvalue weighted by atomic mass is 32.2. The largest absolute Gasteiger partial charge is 0.320 e. The van der Waals surface area contributed by atoms with Crippen molar-refractivity contribution in [3.63, 3.8) is 0 Å². The molecule has 0 aliphatic rings. The van der Waals surface area contributed by atoms with Crippen molar-refractivity contribution >= 4 is 10.0 Å². The highest BCUT2D eigenvalue weighted by Crippen LogP contribution is 2.09. The van der Waals surface area contributed by atoms with Gasteiger partial charge in [0.2, 0.25) is 10.0 Å². The molecule has 0 aromatic carbocycles. The van der Waals surface area contributed by atoms with Crippen molar-refractivity contribution < 1.29 is 8.42 Å². The second kappa shape index (κ2) is 10.8. The number of unbranched alkanes of at least 4 members (excludes halogenated alkanes) is 3. The second-order valence-electron chi connectivity index (χ2n) is 4.73. The lowest BCUT2D eigenvalue weighted by Crippen LogP contribution is -2.35. The lowest BCUT2D eigenvalue weighted by atomic mass is 10.3. The van der Waals surface area contributed by atoms with Gasteiger partial charge in [0, 0.05) is 13.1 Å². The maximum Gasteiger partial charge on any atom is 0.214 e. The van der Waals surface area contributed by atoms with Crippen molar-refractivity contribution in [3.8, 4) is 0 Å². The molecule has 0 saturated carbocycles.